The van der Waals surface area contributed by atoms with E-state index in [0.29, 0.717) is 23.9 Å². The van der Waals surface area contributed by atoms with E-state index in [1.165, 1.54) is 18.3 Å². The van der Waals surface area contributed by atoms with Crippen molar-refractivity contribution in [2.24, 2.45) is 22.4 Å². The first kappa shape index (κ1) is 47.2. The molecule has 0 spiro atoms. The molecule has 0 fully saturated rings. The molecule has 0 radical (unpaired) electrons. The van der Waals surface area contributed by atoms with Crippen molar-refractivity contribution in [3.8, 4) is 0 Å². The summed E-state index contributed by atoms with van der Waals surface area (Å²) in [5.74, 6) is -2.15. The summed E-state index contributed by atoms with van der Waals surface area (Å²) in [6, 6.07) is 11.5. The Labute approximate surface area is 322 Å². The van der Waals surface area contributed by atoms with Gasteiger partial charge in [0.2, 0.25) is 29.4 Å². The van der Waals surface area contributed by atoms with Gasteiger partial charge in [0.25, 0.3) is 0 Å². The number of guanidine groups is 1. The average Bonchev–Trinajstić information content (AvgIpc) is 3.48. The van der Waals surface area contributed by atoms with Crippen LogP contribution in [0.15, 0.2) is 53.5 Å². The third-order valence-electron chi connectivity index (χ3n) is 7.17. The highest BCUT2D eigenvalue weighted by molar-refractivity contribution is 7.59. The van der Waals surface area contributed by atoms with Crippen LogP contribution in [0.1, 0.15) is 61.0 Å². The van der Waals surface area contributed by atoms with Gasteiger partial charge >= 0.3 is 0 Å². The quantitative estimate of drug-likeness (QED) is 0.0426. The Morgan fingerprint density at radius 2 is 1.51 bits per heavy atom. The molecule has 0 bridgehead atoms. The number of nitrogens with two attached hydrogens (primary N) is 2. The molecule has 0 aliphatic rings. The number of nitrogens with one attached hydrogen (secondary N) is 4. The lowest BCUT2D eigenvalue weighted by atomic mass is 10.0. The Morgan fingerprint density at radius 1 is 0.863 bits per heavy atom. The minimum absolute atomic E-state index is 0. The van der Waals surface area contributed by atoms with Crippen LogP contribution in [0.25, 0.3) is 10.2 Å². The number of ketones is 1. The fourth-order valence-electron chi connectivity index (χ4n) is 4.83. The molecule has 0 unspecified atom stereocenters. The van der Waals surface area contributed by atoms with Gasteiger partial charge in [-0.1, -0.05) is 50.2 Å². The van der Waals surface area contributed by atoms with Crippen LogP contribution in [0.3, 0.4) is 0 Å². The number of thiazole rings is 1. The van der Waals surface area contributed by atoms with Crippen LogP contribution in [0, 0.1) is 5.92 Å². The summed E-state index contributed by atoms with van der Waals surface area (Å²) >= 11 is 1.25. The summed E-state index contributed by atoms with van der Waals surface area (Å²) in [7, 11) is 0. The maximum absolute atomic E-state index is 13.6. The highest BCUT2D eigenvalue weighted by atomic mass is 32.1. The minimum atomic E-state index is -1.05. The van der Waals surface area contributed by atoms with Gasteiger partial charge in [-0.25, -0.2) is 4.98 Å². The predicted octanol–water partition coefficient (Wildman–Crippen LogP) is 1.24. The Bertz CT molecular complexity index is 1580. The number of carbonyl (C=O) groups excluding carboxylic acids is 5. The van der Waals surface area contributed by atoms with Crippen LogP contribution in [-0.4, -0.2) is 76.7 Å². The number of para-hydroxylation sites is 1. The van der Waals surface area contributed by atoms with E-state index < -0.39 is 42.5 Å². The number of Topliss-reactive ketones (excluding diaryl/α,β-unsaturated/α-hetero) is 1. The molecule has 2 aromatic carbocycles. The van der Waals surface area contributed by atoms with Gasteiger partial charge in [-0.15, -0.1) is 11.3 Å². The zero-order valence-corrected chi connectivity index (χ0v) is 32.6. The van der Waals surface area contributed by atoms with E-state index in [9.17, 15) is 29.1 Å². The van der Waals surface area contributed by atoms with Gasteiger partial charge in [0.15, 0.2) is 11.0 Å². The van der Waals surface area contributed by atoms with E-state index >= 15 is 0 Å². The van der Waals surface area contributed by atoms with Crippen molar-refractivity contribution in [3.63, 3.8) is 0 Å². The highest BCUT2D eigenvalue weighted by Gasteiger charge is 2.29. The number of aliphatic hydroxyl groups is 1. The summed E-state index contributed by atoms with van der Waals surface area (Å²) in [4.78, 5) is 72.2. The fourth-order valence-corrected chi connectivity index (χ4v) is 5.79. The van der Waals surface area contributed by atoms with Crippen molar-refractivity contribution in [2.45, 2.75) is 71.1 Å². The lowest BCUT2D eigenvalue weighted by molar-refractivity contribution is -0.129. The normalized spacial score (nSPS) is 12.1. The second kappa shape index (κ2) is 23.6. The molecule has 1 heterocycles. The minimum Gasteiger partial charge on any atom is -0.394 e. The van der Waals surface area contributed by atoms with Crippen molar-refractivity contribution in [1.82, 2.24) is 26.3 Å². The second-order valence-electron chi connectivity index (χ2n) is 11.8. The van der Waals surface area contributed by atoms with Gasteiger partial charge in [-0.3, -0.25) is 29.0 Å². The van der Waals surface area contributed by atoms with E-state index in [2.05, 4.69) is 31.2 Å². The van der Waals surface area contributed by atoms with E-state index in [1.807, 2.05) is 38.1 Å². The lowest BCUT2D eigenvalue weighted by Crippen LogP contribution is -2.52. The molecule has 3 atom stereocenters. The molecule has 9 N–H and O–H groups in total. The molecule has 1 aromatic heterocycles. The van der Waals surface area contributed by atoms with E-state index in [1.54, 1.807) is 24.3 Å². The van der Waals surface area contributed by atoms with Crippen LogP contribution in [0.4, 0.5) is 0 Å². The van der Waals surface area contributed by atoms with Crippen LogP contribution in [0.5, 0.6) is 0 Å². The molecule has 3 aromatic rings. The van der Waals surface area contributed by atoms with Crippen LogP contribution in [0.2, 0.25) is 0 Å². The number of fused-ring (bicyclic) bond motifs is 1. The van der Waals surface area contributed by atoms with Crippen LogP contribution < -0.4 is 32.7 Å². The molecule has 51 heavy (non-hydrogen) atoms. The van der Waals surface area contributed by atoms with Gasteiger partial charge < -0.3 is 37.8 Å². The molecule has 18 heteroatoms. The van der Waals surface area contributed by atoms with E-state index in [-0.39, 0.29) is 95.0 Å². The van der Waals surface area contributed by atoms with Crippen molar-refractivity contribution in [3.05, 3.63) is 64.7 Å². The zero-order chi connectivity index (χ0) is 35.2. The van der Waals surface area contributed by atoms with Gasteiger partial charge in [0, 0.05) is 20.0 Å². The van der Waals surface area contributed by atoms with Crippen molar-refractivity contribution in [1.29, 1.82) is 0 Å². The summed E-state index contributed by atoms with van der Waals surface area (Å²) in [6.45, 7) is 5.02. The largest absolute Gasteiger partial charge is 0.394 e. The lowest BCUT2D eigenvalue weighted by Gasteiger charge is -2.23. The third kappa shape index (κ3) is 15.9. The number of carbonyl (C=O) groups is 5. The standard InChI is InChI=1S/C33H44N8O6S.3H2S/c1-19(2)15-25(39-28(44)16-21-10-12-22(13-11-21)17-37-30(46)26(18-42)38-20(3)43)31(47)40-24(8-6-14-36-33(34)35)29(45)32-41-23-7-4-5-9-27(23)48-32;;;/h4-5,7,9-13,19,24-26,42H,6,8,14-18H2,1-3H3,(H,37,46)(H,38,43)(H,39,44)(H,40,47)(H4,34,35,36);3*1H2/t24-,25-,26-;;;/m0.../s1. The molecule has 0 saturated heterocycles. The van der Waals surface area contributed by atoms with Gasteiger partial charge in [0.05, 0.1) is 29.3 Å². The molecule has 282 valence electrons. The van der Waals surface area contributed by atoms with Crippen LogP contribution in [-0.2, 0) is 32.1 Å². The smallest absolute Gasteiger partial charge is 0.245 e. The summed E-state index contributed by atoms with van der Waals surface area (Å²) in [5, 5.41) is 20.3. The Balaban J connectivity index is 0.00000833. The number of aromatic nitrogens is 1. The number of rotatable bonds is 18. The SMILES string of the molecule is CC(=O)N[C@@H](CO)C(=O)NCc1ccc(CC(=O)N[C@@H](CC(C)C)C(=O)N[C@@H](CCCN=C(N)N)C(=O)c2nc3ccccc3s2)cc1.S.S.S. The number of benzene rings is 2. The van der Waals surface area contributed by atoms with Crippen LogP contribution >= 0.6 is 51.8 Å². The summed E-state index contributed by atoms with van der Waals surface area (Å²) < 4.78 is 0.853. The fraction of sp³-hybridized carbons (Fsp3) is 0.424. The Kier molecular flexibility index (Phi) is 21.8. The van der Waals surface area contributed by atoms with Gasteiger partial charge in [-0.05, 0) is 48.4 Å². The summed E-state index contributed by atoms with van der Waals surface area (Å²) in [6.07, 6.45) is 1.04. The van der Waals surface area contributed by atoms with Crippen molar-refractivity contribution in [2.75, 3.05) is 13.2 Å². The molecule has 0 aliphatic heterocycles. The maximum Gasteiger partial charge on any atom is 0.245 e. The number of aliphatic imine (C=N–C) groups is 1. The molecular weight excluding hydrogens is 733 g/mol. The molecule has 14 nitrogen and oxygen atoms in total. The number of nitrogens with zero attached hydrogens (tertiary/aromatic N) is 2. The topological polar surface area (TPSA) is 231 Å². The average molecular weight is 783 g/mol. The molecule has 4 amide bonds. The first-order chi connectivity index (χ1) is 22.9. The zero-order valence-electron chi connectivity index (χ0n) is 28.8. The van der Waals surface area contributed by atoms with Crippen molar-refractivity contribution >= 4 is 97.4 Å². The number of hydrogen-bond donors (Lipinski definition) is 7. The molecular formula is C33H50N8O6S4. The second-order valence-corrected chi connectivity index (χ2v) is 12.8. The molecule has 3 rings (SSSR count). The van der Waals surface area contributed by atoms with E-state index in [0.717, 1.165) is 10.3 Å². The van der Waals surface area contributed by atoms with Gasteiger partial charge in [0.1, 0.15) is 12.1 Å². The number of aliphatic hydroxyl groups excluding tert-OH is 1. The van der Waals surface area contributed by atoms with E-state index in [4.69, 9.17) is 11.5 Å². The number of amides is 4. The maximum atomic E-state index is 13.6. The first-order valence-corrected chi connectivity index (χ1v) is 16.5. The highest BCUT2D eigenvalue weighted by Crippen LogP contribution is 2.23. The van der Waals surface area contributed by atoms with Gasteiger partial charge in [-0.2, -0.15) is 40.5 Å². The predicted molar refractivity (Wildman–Crippen MR) is 215 cm³/mol. The first-order valence-electron chi connectivity index (χ1n) is 15.6. The van der Waals surface area contributed by atoms with Crippen molar-refractivity contribution < 1.29 is 29.1 Å². The Morgan fingerprint density at radius 3 is 2.10 bits per heavy atom. The number of hydrogen-bond acceptors (Lipinski definition) is 9. The third-order valence-corrected chi connectivity index (χ3v) is 8.22. The monoisotopic (exact) mass is 782 g/mol. The molecule has 0 saturated carbocycles. The molecule has 0 aliphatic carbocycles. The summed E-state index contributed by atoms with van der Waals surface area (Å²) in [5.41, 5.74) is 13.0. The Hall–Kier alpha value is -3.84.